The van der Waals surface area contributed by atoms with Gasteiger partial charge in [-0.3, -0.25) is 4.79 Å². The summed E-state index contributed by atoms with van der Waals surface area (Å²) in [5, 5.41) is 4.84. The Morgan fingerprint density at radius 2 is 2.17 bits per heavy atom. The summed E-state index contributed by atoms with van der Waals surface area (Å²) in [5.74, 6) is -0.147. The third kappa shape index (κ3) is 6.05. The van der Waals surface area contributed by atoms with E-state index >= 15 is 0 Å². The van der Waals surface area contributed by atoms with Crippen LogP contribution in [0.3, 0.4) is 0 Å². The number of allylic oxidation sites excluding steroid dienone is 2. The highest BCUT2D eigenvalue weighted by molar-refractivity contribution is 5.81. The molecular formula is C12H19F3N2O. The number of alkyl halides is 3. The van der Waals surface area contributed by atoms with Crippen LogP contribution in [0.15, 0.2) is 12.2 Å². The Hall–Kier alpha value is -1.04. The van der Waals surface area contributed by atoms with Crippen molar-refractivity contribution in [1.82, 2.24) is 10.6 Å². The fraction of sp³-hybridized carbons (Fsp3) is 0.750. The van der Waals surface area contributed by atoms with Gasteiger partial charge in [-0.1, -0.05) is 12.2 Å². The normalized spacial score (nSPS) is 21.7. The monoisotopic (exact) mass is 264 g/mol. The predicted octanol–water partition coefficient (Wildman–Crippen LogP) is 2.00. The van der Waals surface area contributed by atoms with Crippen molar-refractivity contribution in [2.45, 2.75) is 38.4 Å². The number of amides is 1. The summed E-state index contributed by atoms with van der Waals surface area (Å²) in [6, 6.07) is -0.599. The van der Waals surface area contributed by atoms with Gasteiger partial charge in [0.15, 0.2) is 0 Å². The van der Waals surface area contributed by atoms with Gasteiger partial charge in [0, 0.05) is 0 Å². The average molecular weight is 264 g/mol. The van der Waals surface area contributed by atoms with E-state index in [0.29, 0.717) is 12.5 Å². The highest BCUT2D eigenvalue weighted by Gasteiger charge is 2.28. The van der Waals surface area contributed by atoms with E-state index in [1.54, 1.807) is 6.92 Å². The molecule has 1 aliphatic carbocycles. The molecule has 0 heterocycles. The molecule has 0 radical (unpaired) electrons. The third-order valence-electron chi connectivity index (χ3n) is 2.95. The largest absolute Gasteiger partial charge is 0.405 e. The van der Waals surface area contributed by atoms with Gasteiger partial charge in [0.1, 0.15) is 6.54 Å². The minimum Gasteiger partial charge on any atom is -0.346 e. The van der Waals surface area contributed by atoms with Crippen LogP contribution >= 0.6 is 0 Å². The molecule has 0 saturated heterocycles. The SMILES string of the molecule is CC(NCC1CC=CCC1)C(=O)NCC(F)(F)F. The van der Waals surface area contributed by atoms with Crippen molar-refractivity contribution in [2.24, 2.45) is 5.92 Å². The second-order valence-electron chi connectivity index (χ2n) is 4.61. The summed E-state index contributed by atoms with van der Waals surface area (Å²) < 4.78 is 35.7. The molecule has 1 amide bonds. The summed E-state index contributed by atoms with van der Waals surface area (Å²) in [6.45, 7) is 0.958. The zero-order chi connectivity index (χ0) is 13.6. The standard InChI is InChI=1S/C12H19F3N2O/c1-9(11(18)17-8-12(13,14)15)16-7-10-5-3-2-4-6-10/h2-3,9-10,16H,4-8H2,1H3,(H,17,18). The molecule has 1 aliphatic rings. The third-order valence-corrected chi connectivity index (χ3v) is 2.95. The number of carbonyl (C=O) groups excluding carboxylic acids is 1. The van der Waals surface area contributed by atoms with Crippen molar-refractivity contribution in [3.05, 3.63) is 12.2 Å². The van der Waals surface area contributed by atoms with E-state index in [4.69, 9.17) is 0 Å². The van der Waals surface area contributed by atoms with Crippen LogP contribution in [0.1, 0.15) is 26.2 Å². The minimum atomic E-state index is -4.36. The lowest BCUT2D eigenvalue weighted by Gasteiger charge is -2.21. The molecule has 0 saturated carbocycles. The topological polar surface area (TPSA) is 41.1 Å². The van der Waals surface area contributed by atoms with Gasteiger partial charge in [0.05, 0.1) is 6.04 Å². The highest BCUT2D eigenvalue weighted by atomic mass is 19.4. The summed E-state index contributed by atoms with van der Waals surface area (Å²) >= 11 is 0. The second-order valence-corrected chi connectivity index (χ2v) is 4.61. The van der Waals surface area contributed by atoms with Crippen LogP contribution in [-0.2, 0) is 4.79 Å². The maximum absolute atomic E-state index is 11.9. The van der Waals surface area contributed by atoms with E-state index in [9.17, 15) is 18.0 Å². The first-order valence-electron chi connectivity index (χ1n) is 6.11. The quantitative estimate of drug-likeness (QED) is 0.746. The Morgan fingerprint density at radius 1 is 1.44 bits per heavy atom. The fourth-order valence-electron chi connectivity index (χ4n) is 1.82. The number of nitrogens with one attached hydrogen (secondary N) is 2. The van der Waals surface area contributed by atoms with Crippen molar-refractivity contribution in [2.75, 3.05) is 13.1 Å². The summed E-state index contributed by atoms with van der Waals surface area (Å²) in [7, 11) is 0. The Bertz CT molecular complexity index is 302. The molecule has 6 heteroatoms. The Kier molecular flexibility index (Phi) is 5.65. The van der Waals surface area contributed by atoms with Crippen LogP contribution < -0.4 is 10.6 Å². The number of hydrogen-bond donors (Lipinski definition) is 2. The highest BCUT2D eigenvalue weighted by Crippen LogP contribution is 2.17. The molecule has 0 spiro atoms. The second kappa shape index (κ2) is 6.78. The number of carbonyl (C=O) groups is 1. The summed E-state index contributed by atoms with van der Waals surface area (Å²) in [5.41, 5.74) is 0. The van der Waals surface area contributed by atoms with Crippen molar-refractivity contribution in [3.63, 3.8) is 0 Å². The number of halogens is 3. The maximum atomic E-state index is 11.9. The van der Waals surface area contributed by atoms with Crippen molar-refractivity contribution >= 4 is 5.91 Å². The van der Waals surface area contributed by atoms with Gasteiger partial charge < -0.3 is 10.6 Å². The number of rotatable bonds is 5. The van der Waals surface area contributed by atoms with E-state index in [1.165, 1.54) is 0 Å². The van der Waals surface area contributed by atoms with Crippen molar-refractivity contribution < 1.29 is 18.0 Å². The summed E-state index contributed by atoms with van der Waals surface area (Å²) in [6.07, 6.45) is 2.91. The molecule has 0 aromatic carbocycles. The molecule has 0 fully saturated rings. The Balaban J connectivity index is 2.21. The first kappa shape index (κ1) is 15.0. The molecule has 0 bridgehead atoms. The molecular weight excluding hydrogens is 245 g/mol. The van der Waals surface area contributed by atoms with Gasteiger partial charge in [0.2, 0.25) is 5.91 Å². The Labute approximate surface area is 105 Å². The smallest absolute Gasteiger partial charge is 0.346 e. The van der Waals surface area contributed by atoms with Gasteiger partial charge in [-0.2, -0.15) is 13.2 Å². The van der Waals surface area contributed by atoms with E-state index in [2.05, 4.69) is 17.5 Å². The fourth-order valence-corrected chi connectivity index (χ4v) is 1.82. The lowest BCUT2D eigenvalue weighted by molar-refractivity contribution is -0.139. The van der Waals surface area contributed by atoms with E-state index in [-0.39, 0.29) is 0 Å². The Morgan fingerprint density at radius 3 is 2.72 bits per heavy atom. The minimum absolute atomic E-state index is 0.466. The molecule has 2 unspecified atom stereocenters. The van der Waals surface area contributed by atoms with Gasteiger partial charge in [-0.05, 0) is 38.6 Å². The van der Waals surface area contributed by atoms with Crippen LogP contribution in [0, 0.1) is 5.92 Å². The predicted molar refractivity (Wildman–Crippen MR) is 63.0 cm³/mol. The van der Waals surface area contributed by atoms with Gasteiger partial charge in [0.25, 0.3) is 0 Å². The van der Waals surface area contributed by atoms with Crippen LogP contribution in [-0.4, -0.2) is 31.2 Å². The average Bonchev–Trinajstić information content (AvgIpc) is 2.33. The maximum Gasteiger partial charge on any atom is 0.405 e. The van der Waals surface area contributed by atoms with Gasteiger partial charge in [-0.15, -0.1) is 0 Å². The molecule has 18 heavy (non-hydrogen) atoms. The van der Waals surface area contributed by atoms with Crippen LogP contribution in [0.4, 0.5) is 13.2 Å². The molecule has 1 rings (SSSR count). The van der Waals surface area contributed by atoms with Gasteiger partial charge in [-0.25, -0.2) is 0 Å². The zero-order valence-electron chi connectivity index (χ0n) is 10.4. The lowest BCUT2D eigenvalue weighted by Crippen LogP contribution is -2.46. The molecule has 2 N–H and O–H groups in total. The summed E-state index contributed by atoms with van der Waals surface area (Å²) in [4.78, 5) is 11.4. The first-order valence-corrected chi connectivity index (χ1v) is 6.11. The lowest BCUT2D eigenvalue weighted by atomic mass is 9.94. The first-order chi connectivity index (χ1) is 8.38. The van der Waals surface area contributed by atoms with E-state index < -0.39 is 24.7 Å². The molecule has 104 valence electrons. The van der Waals surface area contributed by atoms with Crippen LogP contribution in [0.25, 0.3) is 0 Å². The van der Waals surface area contributed by atoms with Crippen LogP contribution in [0.5, 0.6) is 0 Å². The van der Waals surface area contributed by atoms with Crippen molar-refractivity contribution in [1.29, 1.82) is 0 Å². The zero-order valence-corrected chi connectivity index (χ0v) is 10.4. The van der Waals surface area contributed by atoms with E-state index in [0.717, 1.165) is 19.3 Å². The van der Waals surface area contributed by atoms with Gasteiger partial charge >= 0.3 is 6.18 Å². The molecule has 0 aliphatic heterocycles. The van der Waals surface area contributed by atoms with Crippen molar-refractivity contribution in [3.8, 4) is 0 Å². The molecule has 2 atom stereocenters. The molecule has 0 aromatic heterocycles. The van der Waals surface area contributed by atoms with E-state index in [1.807, 2.05) is 5.32 Å². The molecule has 0 aromatic rings. The molecule has 3 nitrogen and oxygen atoms in total. The number of hydrogen-bond acceptors (Lipinski definition) is 2. The van der Waals surface area contributed by atoms with Crippen LogP contribution in [0.2, 0.25) is 0 Å².